The number of rotatable bonds is 16. The molecule has 18 heteroatoms. The fourth-order valence-electron chi connectivity index (χ4n) is 11.2. The van der Waals surface area contributed by atoms with E-state index < -0.39 is 22.7 Å². The number of anilines is 3. The lowest BCUT2D eigenvalue weighted by Crippen LogP contribution is -2.50. The van der Waals surface area contributed by atoms with Crippen molar-refractivity contribution >= 4 is 58.0 Å². The van der Waals surface area contributed by atoms with Crippen molar-refractivity contribution in [3.8, 4) is 5.75 Å². The van der Waals surface area contributed by atoms with Gasteiger partial charge in [-0.2, -0.15) is 13.2 Å². The zero-order valence-corrected chi connectivity index (χ0v) is 51.1. The Kier molecular flexibility index (Phi) is 23.0. The van der Waals surface area contributed by atoms with Gasteiger partial charge in [-0.15, -0.1) is 0 Å². The summed E-state index contributed by atoms with van der Waals surface area (Å²) < 4.78 is 63.4. The topological polar surface area (TPSA) is 124 Å². The third-order valence-corrected chi connectivity index (χ3v) is 16.8. The first-order chi connectivity index (χ1) is 39.9. The summed E-state index contributed by atoms with van der Waals surface area (Å²) in [6.07, 6.45) is 1.89. The number of nitrogens with one attached hydrogen (secondary N) is 3. The molecule has 0 saturated carbocycles. The minimum absolute atomic E-state index is 0.104. The molecule has 450 valence electrons. The Morgan fingerprint density at radius 1 is 0.512 bits per heavy atom. The zero-order chi connectivity index (χ0) is 60.7. The number of halogens is 5. The lowest BCUT2D eigenvalue weighted by Gasteiger charge is -2.40. The van der Waals surface area contributed by atoms with Gasteiger partial charge in [-0.05, 0) is 103 Å². The van der Waals surface area contributed by atoms with Crippen molar-refractivity contribution in [1.82, 2.24) is 0 Å². The molecule has 0 aromatic heterocycles. The van der Waals surface area contributed by atoms with E-state index >= 15 is 0 Å². The number of carbonyl (C=O) groups is 3. The number of amides is 3. The van der Waals surface area contributed by atoms with Gasteiger partial charge in [0.2, 0.25) is 0 Å². The van der Waals surface area contributed by atoms with Gasteiger partial charge in [-0.3, -0.25) is 14.4 Å². The van der Waals surface area contributed by atoms with Gasteiger partial charge >= 0.3 is 6.18 Å². The minimum atomic E-state index is -4.62. The molecular formula is C66H82Cl2F3N6O7+3. The Morgan fingerprint density at radius 2 is 0.893 bits per heavy atom. The largest absolute Gasteiger partial charge is 0.497 e. The zero-order valence-electron chi connectivity index (χ0n) is 49.6. The molecule has 6 aromatic rings. The van der Waals surface area contributed by atoms with Crippen LogP contribution >= 0.6 is 23.2 Å². The Hall–Kier alpha value is -6.34. The monoisotopic (exact) mass is 1200 g/mol. The summed E-state index contributed by atoms with van der Waals surface area (Å²) in [6.45, 7) is 9.69. The van der Waals surface area contributed by atoms with E-state index in [-0.39, 0.29) is 17.4 Å². The molecule has 3 aliphatic rings. The third kappa shape index (κ3) is 19.1. The van der Waals surface area contributed by atoms with Gasteiger partial charge in [0.15, 0.2) is 0 Å². The predicted molar refractivity (Wildman–Crippen MR) is 328 cm³/mol. The molecule has 0 spiro atoms. The Morgan fingerprint density at radius 3 is 1.26 bits per heavy atom. The maximum absolute atomic E-state index is 13.0. The molecule has 0 radical (unpaired) electrons. The van der Waals surface area contributed by atoms with Crippen LogP contribution in [0.15, 0.2) is 133 Å². The third-order valence-electron chi connectivity index (χ3n) is 16.2. The second kappa shape index (κ2) is 29.6. The Labute approximate surface area is 503 Å². The van der Waals surface area contributed by atoms with Crippen LogP contribution in [-0.4, -0.2) is 138 Å². The van der Waals surface area contributed by atoms with Crippen molar-refractivity contribution in [3.63, 3.8) is 0 Å². The van der Waals surface area contributed by atoms with E-state index in [4.69, 9.17) is 42.1 Å². The molecule has 3 amide bonds. The van der Waals surface area contributed by atoms with Gasteiger partial charge in [-0.25, -0.2) is 0 Å². The quantitative estimate of drug-likeness (QED) is 0.0825. The maximum atomic E-state index is 13.0. The van der Waals surface area contributed by atoms with Crippen LogP contribution in [0.5, 0.6) is 5.75 Å². The molecule has 13 nitrogen and oxygen atoms in total. The first-order valence-electron chi connectivity index (χ1n) is 28.6. The number of carbonyl (C=O) groups excluding carboxylic acids is 3. The molecule has 0 unspecified atom stereocenters. The Balaban J connectivity index is 0.000000181. The van der Waals surface area contributed by atoms with Crippen molar-refractivity contribution in [2.75, 3.05) is 105 Å². The molecule has 3 fully saturated rings. The molecule has 0 bridgehead atoms. The summed E-state index contributed by atoms with van der Waals surface area (Å²) in [5.41, 5.74) is 6.73. The van der Waals surface area contributed by atoms with Crippen LogP contribution in [0.1, 0.15) is 97.4 Å². The number of ether oxygens (including phenoxy) is 4. The molecule has 3 heterocycles. The van der Waals surface area contributed by atoms with Gasteiger partial charge in [0, 0.05) is 94.0 Å². The van der Waals surface area contributed by atoms with Crippen molar-refractivity contribution in [2.24, 2.45) is 0 Å². The number of nitrogens with zero attached hydrogens (tertiary/aromatic N) is 3. The van der Waals surface area contributed by atoms with E-state index in [2.05, 4.69) is 82.5 Å². The SMILES string of the molecule is COc1cccc(C(=O)Nc2ccc(C[N+](C)(C)C3CCOCC3)cc2)c1.C[N+](C)(Cc1ccc(NC(=O)c2ccc(Cl)c(C(F)(F)F)c2)cc1)C1CCOCC1.Cc1cc(Cl)ccc1C(=O)Nc1ccc(C[N+](C)(C)C2CCOCC2)cc1. The molecule has 3 N–H and O–H groups in total. The number of methoxy groups -OCH3 is 1. The fraction of sp³-hybridized carbons (Fsp3) is 0.409. The molecule has 3 saturated heterocycles. The summed E-state index contributed by atoms with van der Waals surface area (Å²) in [6, 6.07) is 41.0. The van der Waals surface area contributed by atoms with Crippen LogP contribution in [0.25, 0.3) is 0 Å². The van der Waals surface area contributed by atoms with Gasteiger partial charge in [0.25, 0.3) is 17.7 Å². The fourth-order valence-corrected chi connectivity index (χ4v) is 11.6. The van der Waals surface area contributed by atoms with Crippen LogP contribution in [0.3, 0.4) is 0 Å². The number of aryl methyl sites for hydroxylation is 1. The average molecular weight is 1200 g/mol. The first kappa shape index (κ1) is 65.2. The summed E-state index contributed by atoms with van der Waals surface area (Å²) in [5, 5.41) is 8.76. The Bertz CT molecular complexity index is 3120. The van der Waals surface area contributed by atoms with E-state index in [1.807, 2.05) is 55.5 Å². The van der Waals surface area contributed by atoms with E-state index in [9.17, 15) is 27.6 Å². The normalized spacial score (nSPS) is 15.6. The molecular weight excluding hydrogens is 1120 g/mol. The second-order valence-electron chi connectivity index (χ2n) is 23.7. The van der Waals surface area contributed by atoms with Crippen LogP contribution in [0, 0.1) is 6.92 Å². The number of quaternary nitrogens is 3. The van der Waals surface area contributed by atoms with Gasteiger partial charge in [0.05, 0.1) is 118 Å². The van der Waals surface area contributed by atoms with Crippen molar-refractivity contribution in [1.29, 1.82) is 0 Å². The van der Waals surface area contributed by atoms with E-state index in [1.54, 1.807) is 49.6 Å². The highest BCUT2D eigenvalue weighted by Gasteiger charge is 2.35. The molecule has 0 aliphatic carbocycles. The van der Waals surface area contributed by atoms with Crippen LogP contribution in [0.2, 0.25) is 10.0 Å². The van der Waals surface area contributed by atoms with Gasteiger partial charge in [-0.1, -0.05) is 65.7 Å². The number of alkyl halides is 3. The number of hydrogen-bond acceptors (Lipinski definition) is 7. The minimum Gasteiger partial charge on any atom is -0.497 e. The molecule has 9 rings (SSSR count). The predicted octanol–water partition coefficient (Wildman–Crippen LogP) is 13.7. The van der Waals surface area contributed by atoms with Crippen LogP contribution in [0.4, 0.5) is 30.2 Å². The highest BCUT2D eigenvalue weighted by Crippen LogP contribution is 2.36. The smallest absolute Gasteiger partial charge is 0.417 e. The summed E-state index contributed by atoms with van der Waals surface area (Å²) in [5.74, 6) is -0.204. The maximum Gasteiger partial charge on any atom is 0.417 e. The molecule has 6 aromatic carbocycles. The first-order valence-corrected chi connectivity index (χ1v) is 29.3. The van der Waals surface area contributed by atoms with Crippen LogP contribution < -0.4 is 20.7 Å². The lowest BCUT2D eigenvalue weighted by atomic mass is 10.0. The number of benzene rings is 6. The van der Waals surface area contributed by atoms with Gasteiger partial charge in [0.1, 0.15) is 25.4 Å². The van der Waals surface area contributed by atoms with Crippen molar-refractivity contribution in [3.05, 3.63) is 188 Å². The van der Waals surface area contributed by atoms with E-state index in [0.29, 0.717) is 45.7 Å². The van der Waals surface area contributed by atoms with Crippen molar-refractivity contribution in [2.45, 2.75) is 89.4 Å². The van der Waals surface area contributed by atoms with Crippen LogP contribution in [-0.2, 0) is 40.0 Å². The lowest BCUT2D eigenvalue weighted by molar-refractivity contribution is -0.929. The highest BCUT2D eigenvalue weighted by atomic mass is 35.5. The van der Waals surface area contributed by atoms with E-state index in [1.165, 1.54) is 17.2 Å². The summed E-state index contributed by atoms with van der Waals surface area (Å²) in [4.78, 5) is 37.3. The molecule has 84 heavy (non-hydrogen) atoms. The number of hydrogen-bond donors (Lipinski definition) is 3. The average Bonchev–Trinajstić information content (AvgIpc) is 3.68. The van der Waals surface area contributed by atoms with E-state index in [0.717, 1.165) is 146 Å². The standard InChI is InChI=1S/C22H24ClF3N2O2.C22H27ClN2O2.C22H28N2O3/c1-28(2,18-9-11-30-12-10-18)14-15-3-6-17(7-4-15)27-21(29)16-5-8-20(23)19(13-16)22(24,25)26;1-16-14-18(23)6-9-21(16)22(26)24-19-7-4-17(5-8-19)15-25(2,3)20-10-12-27-13-11-20;1-24(2,20-11-13-27-14-12-20)16-17-7-9-19(10-8-17)23-22(25)18-5-4-6-21(15-18)26-3/h3-8,13,18H,9-12,14H2,1-2H3;4-9,14,20H,10-13,15H2,1-3H3;4-10,15,20H,11-14,16H2,1-3H3/p+3. The van der Waals surface area contributed by atoms with Crippen molar-refractivity contribution < 1.29 is 60.0 Å². The summed E-state index contributed by atoms with van der Waals surface area (Å²) >= 11 is 11.6. The second-order valence-corrected chi connectivity index (χ2v) is 24.5. The van der Waals surface area contributed by atoms with Gasteiger partial charge < -0.3 is 48.3 Å². The highest BCUT2D eigenvalue weighted by molar-refractivity contribution is 6.31. The molecule has 0 atom stereocenters. The molecule has 3 aliphatic heterocycles. The summed E-state index contributed by atoms with van der Waals surface area (Å²) in [7, 11) is 15.1.